The molecule has 182 valence electrons. The number of aliphatic hydroxyl groups excluding tert-OH is 1. The Kier molecular flexibility index (Phi) is 6.77. The van der Waals surface area contributed by atoms with E-state index < -0.39 is 5.82 Å². The lowest BCUT2D eigenvalue weighted by atomic mass is 10.1. The van der Waals surface area contributed by atoms with Crippen LogP contribution in [0.1, 0.15) is 12.8 Å². The Morgan fingerprint density at radius 3 is 2.80 bits per heavy atom. The van der Waals surface area contributed by atoms with Crippen molar-refractivity contribution in [3.63, 3.8) is 0 Å². The third-order valence-corrected chi connectivity index (χ3v) is 6.19. The van der Waals surface area contributed by atoms with Crippen LogP contribution in [0.2, 0.25) is 0 Å². The first-order chi connectivity index (χ1) is 17.1. The summed E-state index contributed by atoms with van der Waals surface area (Å²) in [5.74, 6) is 0.406. The van der Waals surface area contributed by atoms with Gasteiger partial charge in [-0.1, -0.05) is 6.07 Å². The van der Waals surface area contributed by atoms with E-state index in [4.69, 9.17) is 10.8 Å². The highest BCUT2D eigenvalue weighted by molar-refractivity contribution is 5.85. The van der Waals surface area contributed by atoms with E-state index in [1.54, 1.807) is 18.5 Å². The Morgan fingerprint density at radius 1 is 1.20 bits per heavy atom. The van der Waals surface area contributed by atoms with Gasteiger partial charge in [-0.05, 0) is 25.0 Å². The Balaban J connectivity index is 1.31. The molecule has 1 aromatic carbocycles. The van der Waals surface area contributed by atoms with Crippen molar-refractivity contribution in [2.45, 2.75) is 18.9 Å². The van der Waals surface area contributed by atoms with E-state index in [0.29, 0.717) is 17.8 Å². The molecule has 2 aromatic heterocycles. The maximum atomic E-state index is 14.7. The largest absolute Gasteiger partial charge is 0.403 e. The Hall–Kier alpha value is -3.70. The van der Waals surface area contributed by atoms with E-state index in [9.17, 15) is 4.39 Å². The number of hydrogen-bond acceptors (Lipinski definition) is 10. The maximum Gasteiger partial charge on any atom is 0.228 e. The van der Waals surface area contributed by atoms with Crippen LogP contribution in [0.4, 0.5) is 16.3 Å². The molecular formula is C24H28FN9O. The zero-order chi connectivity index (χ0) is 24.2. The van der Waals surface area contributed by atoms with Crippen LogP contribution in [0.15, 0.2) is 47.5 Å². The molecule has 0 atom stereocenters. The molecule has 4 N–H and O–H groups in total. The number of allylic oxidation sites excluding steroid dienone is 1. The molecule has 2 aliphatic heterocycles. The first-order valence-corrected chi connectivity index (χ1v) is 11.7. The number of nitrogens with two attached hydrogens (primary N) is 1. The number of nitrogens with one attached hydrogen (secondary N) is 1. The number of aliphatic imine (C=N–C) groups is 1. The highest BCUT2D eigenvalue weighted by atomic mass is 19.1. The quantitative estimate of drug-likeness (QED) is 0.416. The average molecular weight is 478 g/mol. The Bertz CT molecular complexity index is 1250. The zero-order valence-electron chi connectivity index (χ0n) is 19.3. The number of hydrogen-bond donors (Lipinski definition) is 3. The first-order valence-electron chi connectivity index (χ1n) is 11.7. The zero-order valence-corrected chi connectivity index (χ0v) is 19.3. The monoisotopic (exact) mass is 477 g/mol. The Labute approximate surface area is 202 Å². The number of anilines is 2. The second kappa shape index (κ2) is 10.3. The van der Waals surface area contributed by atoms with Gasteiger partial charge in [-0.3, -0.25) is 9.89 Å². The normalized spacial score (nSPS) is 17.4. The molecule has 35 heavy (non-hydrogen) atoms. The van der Waals surface area contributed by atoms with E-state index >= 15 is 0 Å². The van der Waals surface area contributed by atoms with Crippen molar-refractivity contribution in [2.24, 2.45) is 10.7 Å². The molecule has 5 rings (SSSR count). The minimum absolute atomic E-state index is 0.139. The molecule has 10 nitrogen and oxygen atoms in total. The third kappa shape index (κ3) is 5.20. The fraction of sp³-hybridized carbons (Fsp3) is 0.375. The molecule has 0 saturated carbocycles. The van der Waals surface area contributed by atoms with Gasteiger partial charge in [-0.2, -0.15) is 0 Å². The van der Waals surface area contributed by atoms with E-state index in [1.807, 2.05) is 12.1 Å². The summed E-state index contributed by atoms with van der Waals surface area (Å²) in [6.45, 7) is 4.31. The van der Waals surface area contributed by atoms with Gasteiger partial charge in [0.2, 0.25) is 11.9 Å². The molecule has 3 aromatic rings. The van der Waals surface area contributed by atoms with Crippen molar-refractivity contribution in [3.05, 3.63) is 48.3 Å². The molecule has 0 amide bonds. The van der Waals surface area contributed by atoms with Crippen LogP contribution in [0.3, 0.4) is 0 Å². The van der Waals surface area contributed by atoms with Gasteiger partial charge in [-0.15, -0.1) is 0 Å². The molecule has 11 heteroatoms. The summed E-state index contributed by atoms with van der Waals surface area (Å²) >= 11 is 0. The first kappa shape index (κ1) is 23.1. The summed E-state index contributed by atoms with van der Waals surface area (Å²) in [5, 5.41) is 12.8. The number of likely N-dealkylation sites (tertiary alicyclic amines) is 1. The lowest BCUT2D eigenvalue weighted by molar-refractivity contribution is 0.119. The average Bonchev–Trinajstić information content (AvgIpc) is 3.40. The number of aliphatic hydroxyl groups is 1. The summed E-state index contributed by atoms with van der Waals surface area (Å²) in [4.78, 5) is 26.4. The number of halogens is 1. The van der Waals surface area contributed by atoms with Crippen LogP contribution in [-0.2, 0) is 0 Å². The summed E-state index contributed by atoms with van der Waals surface area (Å²) in [7, 11) is 0. The summed E-state index contributed by atoms with van der Waals surface area (Å²) in [6.07, 6.45) is 8.20. The third-order valence-electron chi connectivity index (χ3n) is 6.19. The molecule has 2 fully saturated rings. The van der Waals surface area contributed by atoms with Crippen LogP contribution in [-0.4, -0.2) is 81.5 Å². The number of rotatable bonds is 8. The van der Waals surface area contributed by atoms with Crippen molar-refractivity contribution < 1.29 is 9.50 Å². The van der Waals surface area contributed by atoms with Gasteiger partial charge in [0.05, 0.1) is 30.1 Å². The SMILES string of the molecule is N/C=C(\C=NC1CN(CCO)C1)Nc1ncc(F)c(-c2ccc3nc(N4CCCC4)ncc3c2)n1. The molecule has 2 aliphatic rings. The highest BCUT2D eigenvalue weighted by Crippen LogP contribution is 2.26. The van der Waals surface area contributed by atoms with Crippen LogP contribution >= 0.6 is 0 Å². The second-order valence-corrected chi connectivity index (χ2v) is 8.69. The molecule has 0 bridgehead atoms. The fourth-order valence-corrected chi connectivity index (χ4v) is 4.26. The number of aromatic nitrogens is 4. The van der Waals surface area contributed by atoms with E-state index in [0.717, 1.165) is 62.1 Å². The number of fused-ring (bicyclic) bond motifs is 1. The van der Waals surface area contributed by atoms with Gasteiger partial charge in [0.25, 0.3) is 0 Å². The smallest absolute Gasteiger partial charge is 0.228 e. The number of nitrogens with zero attached hydrogens (tertiary/aromatic N) is 7. The second-order valence-electron chi connectivity index (χ2n) is 8.69. The van der Waals surface area contributed by atoms with E-state index in [2.05, 4.69) is 40.0 Å². The summed E-state index contributed by atoms with van der Waals surface area (Å²) in [5.41, 5.74) is 7.81. The van der Waals surface area contributed by atoms with Crippen molar-refractivity contribution in [1.29, 1.82) is 0 Å². The predicted molar refractivity (Wildman–Crippen MR) is 134 cm³/mol. The van der Waals surface area contributed by atoms with Crippen molar-refractivity contribution in [3.8, 4) is 11.3 Å². The van der Waals surface area contributed by atoms with Gasteiger partial charge in [-0.25, -0.2) is 24.3 Å². The van der Waals surface area contributed by atoms with Gasteiger partial charge >= 0.3 is 0 Å². The standard InChI is InChI=1S/C24H28FN9O/c25-20-13-28-23(30-18(10-26)12-27-19-14-33(15-19)7-8-35)32-22(20)16-3-4-21-17(9-16)11-29-24(31-21)34-5-1-2-6-34/h3-4,9-13,19,35H,1-2,5-8,14-15,26H2,(H,28,30,32)/b18-10+,27-12?. The minimum atomic E-state index is -0.533. The van der Waals surface area contributed by atoms with Crippen molar-refractivity contribution >= 4 is 29.0 Å². The molecule has 0 unspecified atom stereocenters. The lowest BCUT2D eigenvalue weighted by Gasteiger charge is -2.36. The van der Waals surface area contributed by atoms with E-state index in [-0.39, 0.29) is 24.3 Å². The lowest BCUT2D eigenvalue weighted by Crippen LogP contribution is -2.50. The van der Waals surface area contributed by atoms with Crippen LogP contribution < -0.4 is 16.0 Å². The topological polar surface area (TPSA) is 129 Å². The van der Waals surface area contributed by atoms with Gasteiger partial charge in [0.1, 0.15) is 5.69 Å². The molecule has 0 aliphatic carbocycles. The molecular weight excluding hydrogens is 449 g/mol. The molecule has 0 radical (unpaired) electrons. The highest BCUT2D eigenvalue weighted by Gasteiger charge is 2.24. The summed E-state index contributed by atoms with van der Waals surface area (Å²) in [6, 6.07) is 5.63. The number of β-amino-alcohol motifs (C(OH)–C–C–N with tert-alkyl or cyclic N) is 1. The Morgan fingerprint density at radius 2 is 2.03 bits per heavy atom. The summed E-state index contributed by atoms with van der Waals surface area (Å²) < 4.78 is 14.7. The maximum absolute atomic E-state index is 14.7. The van der Waals surface area contributed by atoms with Crippen LogP contribution in [0.5, 0.6) is 0 Å². The fourth-order valence-electron chi connectivity index (χ4n) is 4.26. The van der Waals surface area contributed by atoms with Gasteiger partial charge in [0.15, 0.2) is 5.82 Å². The molecule has 0 spiro atoms. The van der Waals surface area contributed by atoms with Gasteiger partial charge < -0.3 is 21.1 Å². The number of benzene rings is 1. The van der Waals surface area contributed by atoms with E-state index in [1.165, 1.54) is 6.20 Å². The van der Waals surface area contributed by atoms with Crippen molar-refractivity contribution in [1.82, 2.24) is 24.8 Å². The minimum Gasteiger partial charge on any atom is -0.403 e. The predicted octanol–water partition coefficient (Wildman–Crippen LogP) is 1.79. The molecule has 2 saturated heterocycles. The van der Waals surface area contributed by atoms with Crippen LogP contribution in [0.25, 0.3) is 22.2 Å². The van der Waals surface area contributed by atoms with Gasteiger partial charge in [0, 0.05) is 62.3 Å². The molecule has 4 heterocycles. The van der Waals surface area contributed by atoms with Crippen LogP contribution in [0, 0.1) is 5.82 Å². The van der Waals surface area contributed by atoms with Crippen molar-refractivity contribution in [2.75, 3.05) is 49.5 Å².